The minimum Gasteiger partial charge on any atom is -0.481 e. The highest BCUT2D eigenvalue weighted by atomic mass is 16.4. The predicted octanol–water partition coefficient (Wildman–Crippen LogP) is 2.07. The van der Waals surface area contributed by atoms with Gasteiger partial charge < -0.3 is 10.2 Å². The molecule has 0 aliphatic heterocycles. The molecule has 0 amide bonds. The van der Waals surface area contributed by atoms with E-state index in [4.69, 9.17) is 5.11 Å². The summed E-state index contributed by atoms with van der Waals surface area (Å²) in [6.45, 7) is 3.61. The van der Waals surface area contributed by atoms with Crippen LogP contribution in [0.25, 0.3) is 0 Å². The molecule has 88 valence electrons. The normalized spacial score (nSPS) is 28.6. The lowest BCUT2D eigenvalue weighted by Gasteiger charge is -2.32. The maximum atomic E-state index is 11.3. The van der Waals surface area contributed by atoms with E-state index in [1.54, 1.807) is 19.1 Å². The van der Waals surface area contributed by atoms with E-state index in [2.05, 4.69) is 0 Å². The van der Waals surface area contributed by atoms with Crippen molar-refractivity contribution in [3.8, 4) is 0 Å². The van der Waals surface area contributed by atoms with E-state index in [1.165, 1.54) is 6.08 Å². The third kappa shape index (κ3) is 1.87. The molecule has 1 aliphatic carbocycles. The Bertz CT molecular complexity index is 367. The number of allylic oxidation sites excluding steroid dienone is 2. The lowest BCUT2D eigenvalue weighted by atomic mass is 9.69. The molecule has 2 N–H and O–H groups in total. The van der Waals surface area contributed by atoms with Gasteiger partial charge in [0.05, 0.1) is 5.92 Å². The van der Waals surface area contributed by atoms with Gasteiger partial charge in [-0.25, -0.2) is 0 Å². The van der Waals surface area contributed by atoms with Crippen molar-refractivity contribution in [3.05, 3.63) is 23.8 Å². The Morgan fingerprint density at radius 1 is 1.38 bits per heavy atom. The van der Waals surface area contributed by atoms with E-state index in [-0.39, 0.29) is 6.42 Å². The Balaban J connectivity index is 3.21. The first kappa shape index (κ1) is 12.5. The number of aliphatic carboxylic acids is 2. The van der Waals surface area contributed by atoms with Gasteiger partial charge in [-0.1, -0.05) is 37.6 Å². The molecule has 0 fully saturated rings. The number of hydrogen-bond acceptors (Lipinski definition) is 2. The minimum atomic E-state index is -1.30. The molecule has 4 heteroatoms. The second-order valence-corrected chi connectivity index (χ2v) is 3.94. The van der Waals surface area contributed by atoms with Gasteiger partial charge in [0.15, 0.2) is 0 Å². The zero-order chi connectivity index (χ0) is 12.3. The van der Waals surface area contributed by atoms with E-state index < -0.39 is 23.3 Å². The van der Waals surface area contributed by atoms with Crippen molar-refractivity contribution >= 4 is 11.9 Å². The summed E-state index contributed by atoms with van der Waals surface area (Å²) < 4.78 is 0. The molecule has 1 aliphatic rings. The van der Waals surface area contributed by atoms with E-state index in [0.29, 0.717) is 6.42 Å². The lowest BCUT2D eigenvalue weighted by molar-refractivity contribution is -0.157. The number of carbonyl (C=O) groups is 2. The molecule has 0 heterocycles. The van der Waals surface area contributed by atoms with E-state index in [0.717, 1.165) is 5.57 Å². The third-order valence-electron chi connectivity index (χ3n) is 3.19. The van der Waals surface area contributed by atoms with Gasteiger partial charge in [-0.15, -0.1) is 0 Å². The minimum absolute atomic E-state index is 0.267. The number of rotatable bonds is 4. The van der Waals surface area contributed by atoms with Crippen LogP contribution in [0.1, 0.15) is 26.7 Å². The van der Waals surface area contributed by atoms with Crippen molar-refractivity contribution in [1.29, 1.82) is 0 Å². The van der Waals surface area contributed by atoms with Crippen LogP contribution in [0.4, 0.5) is 0 Å². The van der Waals surface area contributed by atoms with Gasteiger partial charge in [-0.3, -0.25) is 9.59 Å². The Hall–Kier alpha value is -1.58. The van der Waals surface area contributed by atoms with Gasteiger partial charge in [-0.2, -0.15) is 0 Å². The summed E-state index contributed by atoms with van der Waals surface area (Å²) >= 11 is 0. The first-order valence-electron chi connectivity index (χ1n) is 5.34. The topological polar surface area (TPSA) is 74.6 Å². The van der Waals surface area contributed by atoms with Gasteiger partial charge in [-0.05, 0) is 12.8 Å². The molecule has 0 saturated carbocycles. The average molecular weight is 224 g/mol. The summed E-state index contributed by atoms with van der Waals surface area (Å²) in [5.41, 5.74) is -0.428. The fourth-order valence-corrected chi connectivity index (χ4v) is 2.00. The fraction of sp³-hybridized carbons (Fsp3) is 0.500. The van der Waals surface area contributed by atoms with E-state index in [9.17, 15) is 14.7 Å². The summed E-state index contributed by atoms with van der Waals surface area (Å²) in [7, 11) is 0. The van der Waals surface area contributed by atoms with Crippen molar-refractivity contribution < 1.29 is 19.8 Å². The van der Waals surface area contributed by atoms with Gasteiger partial charge >= 0.3 is 11.9 Å². The first-order valence-corrected chi connectivity index (χ1v) is 5.34. The van der Waals surface area contributed by atoms with Crippen molar-refractivity contribution in [1.82, 2.24) is 0 Å². The van der Waals surface area contributed by atoms with Crippen molar-refractivity contribution in [2.75, 3.05) is 0 Å². The molecule has 0 aromatic carbocycles. The van der Waals surface area contributed by atoms with Crippen LogP contribution in [-0.4, -0.2) is 22.2 Å². The largest absolute Gasteiger partial charge is 0.481 e. The Labute approximate surface area is 94.3 Å². The van der Waals surface area contributed by atoms with Crippen LogP contribution >= 0.6 is 0 Å². The molecular weight excluding hydrogens is 208 g/mol. The monoisotopic (exact) mass is 224 g/mol. The van der Waals surface area contributed by atoms with Crippen LogP contribution in [0.3, 0.4) is 0 Å². The van der Waals surface area contributed by atoms with Crippen LogP contribution < -0.4 is 0 Å². The molecule has 0 radical (unpaired) electrons. The van der Waals surface area contributed by atoms with E-state index >= 15 is 0 Å². The second kappa shape index (κ2) is 4.51. The zero-order valence-electron chi connectivity index (χ0n) is 9.43. The van der Waals surface area contributed by atoms with Crippen LogP contribution in [0.15, 0.2) is 23.8 Å². The molecule has 16 heavy (non-hydrogen) atoms. The molecule has 1 rings (SSSR count). The second-order valence-electron chi connectivity index (χ2n) is 3.94. The lowest BCUT2D eigenvalue weighted by Crippen LogP contribution is -2.41. The summed E-state index contributed by atoms with van der Waals surface area (Å²) in [5.74, 6) is -3.14. The van der Waals surface area contributed by atoms with Gasteiger partial charge in [0, 0.05) is 0 Å². The SMILES string of the molecule is CCC1=CC(C(=O)O)C(CC)(C(=O)O)C=C1. The van der Waals surface area contributed by atoms with E-state index in [1.807, 2.05) is 6.92 Å². The highest BCUT2D eigenvalue weighted by Crippen LogP contribution is 2.39. The molecule has 0 bridgehead atoms. The average Bonchev–Trinajstić information content (AvgIpc) is 2.27. The molecule has 0 saturated heterocycles. The smallest absolute Gasteiger partial charge is 0.314 e. The molecule has 0 spiro atoms. The fourth-order valence-electron chi connectivity index (χ4n) is 2.00. The first-order chi connectivity index (χ1) is 7.47. The number of carboxylic acids is 2. The quantitative estimate of drug-likeness (QED) is 0.766. The number of carboxylic acid groups (broad SMARTS) is 2. The maximum absolute atomic E-state index is 11.3. The summed E-state index contributed by atoms with van der Waals surface area (Å²) in [6, 6.07) is 0. The number of hydrogen-bond donors (Lipinski definition) is 2. The Kier molecular flexibility index (Phi) is 3.52. The molecule has 0 aromatic heterocycles. The van der Waals surface area contributed by atoms with Crippen molar-refractivity contribution in [2.24, 2.45) is 11.3 Å². The Morgan fingerprint density at radius 3 is 2.38 bits per heavy atom. The highest BCUT2D eigenvalue weighted by Gasteiger charge is 2.46. The Morgan fingerprint density at radius 2 is 2.00 bits per heavy atom. The third-order valence-corrected chi connectivity index (χ3v) is 3.19. The maximum Gasteiger partial charge on any atom is 0.314 e. The van der Waals surface area contributed by atoms with Crippen LogP contribution in [0.5, 0.6) is 0 Å². The molecular formula is C12H16O4. The van der Waals surface area contributed by atoms with Crippen LogP contribution in [0, 0.1) is 11.3 Å². The molecule has 2 unspecified atom stereocenters. The van der Waals surface area contributed by atoms with Crippen LogP contribution in [-0.2, 0) is 9.59 Å². The zero-order valence-corrected chi connectivity index (χ0v) is 9.43. The molecule has 4 nitrogen and oxygen atoms in total. The molecule has 2 atom stereocenters. The van der Waals surface area contributed by atoms with Gasteiger partial charge in [0.1, 0.15) is 5.41 Å². The highest BCUT2D eigenvalue weighted by molar-refractivity contribution is 5.87. The van der Waals surface area contributed by atoms with Gasteiger partial charge in [0.2, 0.25) is 0 Å². The van der Waals surface area contributed by atoms with Crippen molar-refractivity contribution in [2.45, 2.75) is 26.7 Å². The summed E-state index contributed by atoms with van der Waals surface area (Å²) in [5, 5.41) is 18.3. The predicted molar refractivity (Wildman–Crippen MR) is 59.0 cm³/mol. The standard InChI is InChI=1S/C12H16O4/c1-3-8-5-6-12(4-2,11(15)16)9(7-8)10(13)14/h5-7,9H,3-4H2,1-2H3,(H,13,14)(H,15,16). The summed E-state index contributed by atoms with van der Waals surface area (Å²) in [4.78, 5) is 22.4. The van der Waals surface area contributed by atoms with Crippen molar-refractivity contribution in [3.63, 3.8) is 0 Å². The summed E-state index contributed by atoms with van der Waals surface area (Å²) in [6.07, 6.45) is 5.77. The van der Waals surface area contributed by atoms with Gasteiger partial charge in [0.25, 0.3) is 0 Å². The van der Waals surface area contributed by atoms with Crippen LogP contribution in [0.2, 0.25) is 0 Å². The molecule has 0 aromatic rings.